The van der Waals surface area contributed by atoms with Gasteiger partial charge in [0.25, 0.3) is 0 Å². The molecule has 34 heavy (non-hydrogen) atoms. The number of hydrogen-bond acceptors (Lipinski definition) is 6. The molecule has 11 heteroatoms. The summed E-state index contributed by atoms with van der Waals surface area (Å²) in [5.74, 6) is -1.90. The molecule has 9 nitrogen and oxygen atoms in total. The molecule has 0 aliphatic heterocycles. The fourth-order valence-electron chi connectivity index (χ4n) is 3.80. The van der Waals surface area contributed by atoms with Gasteiger partial charge >= 0.3 is 5.97 Å². The molecule has 1 aromatic carbocycles. The number of carbonyl (C=O) groups is 2. The Bertz CT molecular complexity index is 810. The van der Waals surface area contributed by atoms with Crippen molar-refractivity contribution >= 4 is 41.0 Å². The van der Waals surface area contributed by atoms with E-state index in [-0.39, 0.29) is 25.4 Å². The number of hydrogen-bond donors (Lipinski definition) is 4. The molecule has 1 fully saturated rings. The van der Waals surface area contributed by atoms with Crippen LogP contribution < -0.4 is 16.8 Å². The number of ether oxygens (including phenoxy) is 2. The van der Waals surface area contributed by atoms with E-state index in [1.54, 1.807) is 6.92 Å². The van der Waals surface area contributed by atoms with E-state index in [2.05, 4.69) is 10.3 Å². The van der Waals surface area contributed by atoms with E-state index in [0.717, 1.165) is 12.0 Å². The molecular weight excluding hydrogens is 483 g/mol. The molecule has 0 bridgehead atoms. The molecule has 1 saturated carbocycles. The molecule has 6 N–H and O–H groups in total. The number of rotatable bonds is 12. The highest BCUT2D eigenvalue weighted by Crippen LogP contribution is 2.34. The van der Waals surface area contributed by atoms with Crippen LogP contribution in [0.5, 0.6) is 0 Å². The number of nitrogens with two attached hydrogens (primary N) is 2. The number of aliphatic imine (C=N–C) groups is 1. The minimum absolute atomic E-state index is 0.0382. The van der Waals surface area contributed by atoms with Gasteiger partial charge in [-0.3, -0.25) is 9.79 Å². The maximum absolute atomic E-state index is 13.0. The van der Waals surface area contributed by atoms with E-state index in [9.17, 15) is 14.7 Å². The maximum atomic E-state index is 13.0. The van der Waals surface area contributed by atoms with Crippen molar-refractivity contribution in [1.82, 2.24) is 5.32 Å². The van der Waals surface area contributed by atoms with Gasteiger partial charge in [0.05, 0.1) is 35.5 Å². The molecule has 190 valence electrons. The van der Waals surface area contributed by atoms with Gasteiger partial charge in [0, 0.05) is 19.6 Å². The van der Waals surface area contributed by atoms with Crippen molar-refractivity contribution in [3.8, 4) is 0 Å². The van der Waals surface area contributed by atoms with E-state index < -0.39 is 46.8 Å². The monoisotopic (exact) mass is 516 g/mol. The predicted octanol–water partition coefficient (Wildman–Crippen LogP) is 1.31. The number of aliphatic hydroxyl groups excluding tert-OH is 1. The highest BCUT2D eigenvalue weighted by molar-refractivity contribution is 6.25. The zero-order valence-electron chi connectivity index (χ0n) is 19.2. The Hall–Kier alpha value is -2.07. The van der Waals surface area contributed by atoms with Gasteiger partial charge in [-0.05, 0) is 31.7 Å². The highest BCUT2D eigenvalue weighted by atomic mass is 35.5. The Labute approximate surface area is 210 Å². The number of carbonyl (C=O) groups excluding carboxylic acids is 2. The van der Waals surface area contributed by atoms with Gasteiger partial charge in [-0.15, -0.1) is 23.2 Å². The summed E-state index contributed by atoms with van der Waals surface area (Å²) in [6.45, 7) is 2.73. The molecule has 0 heterocycles. The minimum Gasteiger partial charge on any atom is -0.464 e. The fourth-order valence-corrected chi connectivity index (χ4v) is 4.72. The SMILES string of the molecule is CCOC(=O)[C@H](Cc1ccccc1)NC(=O)C1CC(Cl)C(OCCCCN=C(N)N)C(Cl)C1O. The summed E-state index contributed by atoms with van der Waals surface area (Å²) in [6, 6.07) is 8.38. The van der Waals surface area contributed by atoms with E-state index in [0.29, 0.717) is 19.6 Å². The number of nitrogens with one attached hydrogen (secondary N) is 1. The quantitative estimate of drug-likeness (QED) is 0.107. The summed E-state index contributed by atoms with van der Waals surface area (Å²) in [5, 5.41) is 12.0. The molecule has 0 saturated heterocycles. The largest absolute Gasteiger partial charge is 0.464 e. The van der Waals surface area contributed by atoms with Crippen LogP contribution in [-0.4, -0.2) is 71.7 Å². The van der Waals surface area contributed by atoms with Crippen LogP contribution in [0.25, 0.3) is 0 Å². The number of esters is 1. The third-order valence-electron chi connectivity index (χ3n) is 5.55. The Balaban J connectivity index is 1.95. The van der Waals surface area contributed by atoms with Crippen LogP contribution in [0, 0.1) is 5.92 Å². The van der Waals surface area contributed by atoms with Crippen molar-refractivity contribution in [3.05, 3.63) is 35.9 Å². The lowest BCUT2D eigenvalue weighted by atomic mass is 9.83. The van der Waals surface area contributed by atoms with Crippen LogP contribution in [-0.2, 0) is 25.5 Å². The van der Waals surface area contributed by atoms with Gasteiger partial charge in [-0.1, -0.05) is 30.3 Å². The lowest BCUT2D eigenvalue weighted by Crippen LogP contribution is -2.56. The molecule has 1 aliphatic rings. The highest BCUT2D eigenvalue weighted by Gasteiger charge is 2.46. The predicted molar refractivity (Wildman–Crippen MR) is 132 cm³/mol. The summed E-state index contributed by atoms with van der Waals surface area (Å²) in [4.78, 5) is 29.4. The Morgan fingerprint density at radius 2 is 1.94 bits per heavy atom. The minimum atomic E-state index is -1.19. The second-order valence-corrected chi connectivity index (χ2v) is 9.21. The van der Waals surface area contributed by atoms with Gasteiger partial charge in [-0.2, -0.15) is 0 Å². The zero-order chi connectivity index (χ0) is 25.1. The van der Waals surface area contributed by atoms with E-state index in [1.807, 2.05) is 30.3 Å². The topological polar surface area (TPSA) is 149 Å². The van der Waals surface area contributed by atoms with Crippen molar-refractivity contribution in [3.63, 3.8) is 0 Å². The van der Waals surface area contributed by atoms with Crippen LogP contribution in [0.4, 0.5) is 0 Å². The first-order valence-electron chi connectivity index (χ1n) is 11.4. The van der Waals surface area contributed by atoms with Crippen molar-refractivity contribution in [2.75, 3.05) is 19.8 Å². The number of halogens is 2. The number of amides is 1. The first-order chi connectivity index (χ1) is 16.2. The molecular formula is C23H34Cl2N4O5. The average molecular weight is 517 g/mol. The fraction of sp³-hybridized carbons (Fsp3) is 0.609. The Morgan fingerprint density at radius 3 is 2.59 bits per heavy atom. The van der Waals surface area contributed by atoms with Crippen LogP contribution in [0.1, 0.15) is 31.7 Å². The van der Waals surface area contributed by atoms with Gasteiger partial charge < -0.3 is 31.4 Å². The van der Waals surface area contributed by atoms with Gasteiger partial charge in [-0.25, -0.2) is 4.79 Å². The normalized spacial score (nSPS) is 25.2. The van der Waals surface area contributed by atoms with Crippen LogP contribution in [0.2, 0.25) is 0 Å². The first kappa shape index (κ1) is 28.2. The zero-order valence-corrected chi connectivity index (χ0v) is 20.8. The van der Waals surface area contributed by atoms with Crippen molar-refractivity contribution in [1.29, 1.82) is 0 Å². The smallest absolute Gasteiger partial charge is 0.328 e. The number of nitrogens with zero attached hydrogens (tertiary/aromatic N) is 1. The second-order valence-electron chi connectivity index (χ2n) is 8.15. The Kier molecular flexibility index (Phi) is 11.9. The molecule has 1 aromatic rings. The lowest BCUT2D eigenvalue weighted by Gasteiger charge is -2.39. The standard InChI is InChI=1S/C23H34Cl2N4O5/c1-2-33-22(32)17(12-14-8-4-3-5-9-14)29-21(31)15-13-16(24)20(18(25)19(15)30)34-11-7-6-10-28-23(26)27/h3-5,8-9,15-20,30H,2,6-7,10-13H2,1H3,(H,29,31)(H4,26,27,28)/t15?,16?,17-,18?,19?,20?/m0/s1. The molecule has 0 aromatic heterocycles. The second kappa shape index (κ2) is 14.4. The number of benzene rings is 1. The lowest BCUT2D eigenvalue weighted by molar-refractivity contribution is -0.149. The summed E-state index contributed by atoms with van der Waals surface area (Å²) >= 11 is 12.9. The van der Waals surface area contributed by atoms with E-state index >= 15 is 0 Å². The van der Waals surface area contributed by atoms with Crippen LogP contribution >= 0.6 is 23.2 Å². The summed E-state index contributed by atoms with van der Waals surface area (Å²) in [7, 11) is 0. The van der Waals surface area contributed by atoms with E-state index in [4.69, 9.17) is 44.1 Å². The maximum Gasteiger partial charge on any atom is 0.328 e. The molecule has 0 radical (unpaired) electrons. The van der Waals surface area contributed by atoms with Gasteiger partial charge in [0.15, 0.2) is 5.96 Å². The molecule has 1 aliphatic carbocycles. The third kappa shape index (κ3) is 8.61. The van der Waals surface area contributed by atoms with Gasteiger partial charge in [0.1, 0.15) is 6.04 Å². The molecule has 0 spiro atoms. The molecule has 5 unspecified atom stereocenters. The summed E-state index contributed by atoms with van der Waals surface area (Å²) in [6.07, 6.45) is -0.0135. The molecule has 6 atom stereocenters. The summed E-state index contributed by atoms with van der Waals surface area (Å²) < 4.78 is 10.9. The number of unbranched alkanes of at least 4 members (excludes halogenated alkanes) is 1. The number of guanidine groups is 1. The van der Waals surface area contributed by atoms with E-state index in [1.165, 1.54) is 0 Å². The Morgan fingerprint density at radius 1 is 1.24 bits per heavy atom. The molecule has 1 amide bonds. The van der Waals surface area contributed by atoms with Gasteiger partial charge in [0.2, 0.25) is 5.91 Å². The number of aliphatic hydroxyl groups is 1. The van der Waals surface area contributed by atoms with Crippen molar-refractivity contribution in [2.24, 2.45) is 22.4 Å². The van der Waals surface area contributed by atoms with Crippen LogP contribution in [0.3, 0.4) is 0 Å². The van der Waals surface area contributed by atoms with Crippen LogP contribution in [0.15, 0.2) is 35.3 Å². The number of alkyl halides is 2. The summed E-state index contributed by atoms with van der Waals surface area (Å²) in [5.41, 5.74) is 11.4. The van der Waals surface area contributed by atoms with Crippen molar-refractivity contribution < 1.29 is 24.2 Å². The molecule has 2 rings (SSSR count). The first-order valence-corrected chi connectivity index (χ1v) is 12.3. The van der Waals surface area contributed by atoms with Crippen molar-refractivity contribution in [2.45, 2.75) is 61.6 Å². The third-order valence-corrected chi connectivity index (χ3v) is 6.49. The average Bonchev–Trinajstić information content (AvgIpc) is 2.80.